The third-order valence-electron chi connectivity index (χ3n) is 3.41. The maximum atomic E-state index is 12.4. The molecule has 2 heterocycles. The summed E-state index contributed by atoms with van der Waals surface area (Å²) in [4.78, 5) is 20.5. The molecule has 0 atom stereocenters. The molecule has 0 spiro atoms. The van der Waals surface area contributed by atoms with Crippen LogP contribution in [0, 0.1) is 6.92 Å². The van der Waals surface area contributed by atoms with Crippen LogP contribution in [0.1, 0.15) is 22.3 Å². The van der Waals surface area contributed by atoms with Gasteiger partial charge in [0.15, 0.2) is 0 Å². The monoisotopic (exact) mass is 263 g/mol. The third kappa shape index (κ3) is 3.75. The van der Waals surface area contributed by atoms with Gasteiger partial charge in [-0.05, 0) is 31.5 Å². The number of hydrogen-bond donors (Lipinski definition) is 1. The second kappa shape index (κ2) is 6.63. The van der Waals surface area contributed by atoms with Gasteiger partial charge >= 0.3 is 0 Å². The number of carbonyl (C=O) groups excluding carboxylic acids is 1. The number of carbonyl (C=O) groups is 1. The Kier molecular flexibility index (Phi) is 4.87. The van der Waals surface area contributed by atoms with E-state index in [0.717, 1.165) is 31.6 Å². The number of aliphatic hydroxyl groups excluding tert-OH is 1. The molecule has 5 heteroatoms. The molecule has 19 heavy (non-hydrogen) atoms. The first-order chi connectivity index (χ1) is 9.20. The van der Waals surface area contributed by atoms with Gasteiger partial charge in [-0.1, -0.05) is 0 Å². The second-order valence-electron chi connectivity index (χ2n) is 4.96. The van der Waals surface area contributed by atoms with Gasteiger partial charge in [0.25, 0.3) is 5.91 Å². The van der Waals surface area contributed by atoms with Crippen LogP contribution in [-0.2, 0) is 0 Å². The van der Waals surface area contributed by atoms with Gasteiger partial charge in [0, 0.05) is 38.6 Å². The van der Waals surface area contributed by atoms with Gasteiger partial charge in [-0.2, -0.15) is 0 Å². The summed E-state index contributed by atoms with van der Waals surface area (Å²) in [5, 5.41) is 8.96. The van der Waals surface area contributed by atoms with E-state index in [0.29, 0.717) is 18.7 Å². The van der Waals surface area contributed by atoms with Crippen molar-refractivity contribution in [1.82, 2.24) is 14.8 Å². The highest BCUT2D eigenvalue weighted by molar-refractivity contribution is 5.94. The molecule has 0 radical (unpaired) electrons. The van der Waals surface area contributed by atoms with Crippen molar-refractivity contribution in [3.8, 4) is 0 Å². The molecule has 104 valence electrons. The Bertz CT molecular complexity index is 436. The predicted octanol–water partition coefficient (Wildman–Crippen LogP) is 0.530. The lowest BCUT2D eigenvalue weighted by Crippen LogP contribution is -2.36. The Morgan fingerprint density at radius 1 is 1.32 bits per heavy atom. The molecule has 1 aliphatic heterocycles. The number of β-amino-alcohol motifs (C(OH)–C–C–N with tert-alkyl or cyclic N) is 1. The number of pyridine rings is 1. The van der Waals surface area contributed by atoms with Crippen molar-refractivity contribution in [2.24, 2.45) is 0 Å². The van der Waals surface area contributed by atoms with Crippen molar-refractivity contribution in [2.45, 2.75) is 13.3 Å². The summed E-state index contributed by atoms with van der Waals surface area (Å²) in [6.07, 6.45) is 4.33. The predicted molar refractivity (Wildman–Crippen MR) is 73.0 cm³/mol. The number of amides is 1. The fraction of sp³-hybridized carbons (Fsp3) is 0.571. The highest BCUT2D eigenvalue weighted by Crippen LogP contribution is 2.09. The SMILES string of the molecule is Cc1cncc(C(=O)N2CCCN(CCO)CC2)c1. The molecular weight excluding hydrogens is 242 g/mol. The average Bonchev–Trinajstić information content (AvgIpc) is 2.64. The van der Waals surface area contributed by atoms with Crippen LogP contribution in [0.3, 0.4) is 0 Å². The van der Waals surface area contributed by atoms with Crippen molar-refractivity contribution >= 4 is 5.91 Å². The van der Waals surface area contributed by atoms with Gasteiger partial charge in [-0.25, -0.2) is 0 Å². The van der Waals surface area contributed by atoms with Gasteiger partial charge in [0.2, 0.25) is 0 Å². The second-order valence-corrected chi connectivity index (χ2v) is 4.96. The first kappa shape index (κ1) is 14.0. The summed E-state index contributed by atoms with van der Waals surface area (Å²) in [5.74, 6) is 0.0575. The fourth-order valence-electron chi connectivity index (χ4n) is 2.39. The van der Waals surface area contributed by atoms with Gasteiger partial charge < -0.3 is 10.0 Å². The van der Waals surface area contributed by atoms with E-state index >= 15 is 0 Å². The minimum absolute atomic E-state index is 0.0575. The average molecular weight is 263 g/mol. The van der Waals surface area contributed by atoms with Crippen LogP contribution in [0.25, 0.3) is 0 Å². The lowest BCUT2D eigenvalue weighted by atomic mass is 10.2. The Balaban J connectivity index is 2.00. The van der Waals surface area contributed by atoms with Crippen LogP contribution in [0.4, 0.5) is 0 Å². The molecule has 0 saturated carbocycles. The lowest BCUT2D eigenvalue weighted by Gasteiger charge is -2.21. The van der Waals surface area contributed by atoms with Crippen molar-refractivity contribution < 1.29 is 9.90 Å². The highest BCUT2D eigenvalue weighted by Gasteiger charge is 2.20. The van der Waals surface area contributed by atoms with Crippen molar-refractivity contribution in [3.63, 3.8) is 0 Å². The normalized spacial score (nSPS) is 17.3. The number of hydrogen-bond acceptors (Lipinski definition) is 4. The first-order valence-corrected chi connectivity index (χ1v) is 6.75. The molecule has 1 fully saturated rings. The zero-order valence-electron chi connectivity index (χ0n) is 11.4. The molecule has 5 nitrogen and oxygen atoms in total. The molecular formula is C14H21N3O2. The Hall–Kier alpha value is -1.46. The zero-order chi connectivity index (χ0) is 13.7. The van der Waals surface area contributed by atoms with E-state index in [1.807, 2.05) is 17.9 Å². The summed E-state index contributed by atoms with van der Waals surface area (Å²) in [7, 11) is 0. The molecule has 2 rings (SSSR count). The van der Waals surface area contributed by atoms with E-state index in [4.69, 9.17) is 5.11 Å². The Morgan fingerprint density at radius 3 is 2.89 bits per heavy atom. The molecule has 0 aromatic carbocycles. The van der Waals surface area contributed by atoms with Crippen LogP contribution in [0.5, 0.6) is 0 Å². The molecule has 1 aromatic rings. The zero-order valence-corrected chi connectivity index (χ0v) is 11.4. The van der Waals surface area contributed by atoms with Crippen LogP contribution >= 0.6 is 0 Å². The van der Waals surface area contributed by atoms with Crippen LogP contribution in [0.2, 0.25) is 0 Å². The molecule has 0 bridgehead atoms. The largest absolute Gasteiger partial charge is 0.395 e. The van der Waals surface area contributed by atoms with Crippen molar-refractivity contribution in [1.29, 1.82) is 0 Å². The standard InChI is InChI=1S/C14H21N3O2/c1-12-9-13(11-15-10-12)14(19)17-4-2-3-16(5-6-17)7-8-18/h9-11,18H,2-8H2,1H3. The van der Waals surface area contributed by atoms with Crippen LogP contribution < -0.4 is 0 Å². The van der Waals surface area contributed by atoms with Gasteiger partial charge in [0.05, 0.1) is 12.2 Å². The topological polar surface area (TPSA) is 56.7 Å². The minimum atomic E-state index is 0.0575. The smallest absolute Gasteiger partial charge is 0.255 e. The first-order valence-electron chi connectivity index (χ1n) is 6.75. The quantitative estimate of drug-likeness (QED) is 0.864. The molecule has 1 amide bonds. The van der Waals surface area contributed by atoms with E-state index in [9.17, 15) is 4.79 Å². The number of aliphatic hydroxyl groups is 1. The van der Waals surface area contributed by atoms with E-state index in [1.165, 1.54) is 0 Å². The van der Waals surface area contributed by atoms with Crippen LogP contribution in [0.15, 0.2) is 18.5 Å². The fourth-order valence-corrected chi connectivity index (χ4v) is 2.39. The van der Waals surface area contributed by atoms with Gasteiger partial charge in [-0.15, -0.1) is 0 Å². The van der Waals surface area contributed by atoms with Crippen molar-refractivity contribution in [3.05, 3.63) is 29.6 Å². The summed E-state index contributed by atoms with van der Waals surface area (Å²) < 4.78 is 0. The Labute approximate surface area is 113 Å². The summed E-state index contributed by atoms with van der Waals surface area (Å²) in [6, 6.07) is 1.88. The number of aryl methyl sites for hydroxylation is 1. The summed E-state index contributed by atoms with van der Waals surface area (Å²) in [6.45, 7) is 6.06. The Morgan fingerprint density at radius 2 is 2.16 bits per heavy atom. The van der Waals surface area contributed by atoms with Crippen molar-refractivity contribution in [2.75, 3.05) is 39.3 Å². The third-order valence-corrected chi connectivity index (χ3v) is 3.41. The van der Waals surface area contributed by atoms with E-state index < -0.39 is 0 Å². The minimum Gasteiger partial charge on any atom is -0.395 e. The molecule has 1 N–H and O–H groups in total. The van der Waals surface area contributed by atoms with Crippen LogP contribution in [-0.4, -0.2) is 65.1 Å². The molecule has 0 unspecified atom stereocenters. The molecule has 1 aliphatic rings. The summed E-state index contributed by atoms with van der Waals surface area (Å²) in [5.41, 5.74) is 1.66. The summed E-state index contributed by atoms with van der Waals surface area (Å²) >= 11 is 0. The van der Waals surface area contributed by atoms with E-state index in [-0.39, 0.29) is 12.5 Å². The molecule has 0 aliphatic carbocycles. The van der Waals surface area contributed by atoms with E-state index in [2.05, 4.69) is 9.88 Å². The lowest BCUT2D eigenvalue weighted by molar-refractivity contribution is 0.0760. The highest BCUT2D eigenvalue weighted by atomic mass is 16.3. The molecule has 1 saturated heterocycles. The van der Waals surface area contributed by atoms with Gasteiger partial charge in [0.1, 0.15) is 0 Å². The number of aromatic nitrogens is 1. The molecule has 1 aromatic heterocycles. The maximum Gasteiger partial charge on any atom is 0.255 e. The van der Waals surface area contributed by atoms with Gasteiger partial charge in [-0.3, -0.25) is 14.7 Å². The van der Waals surface area contributed by atoms with E-state index in [1.54, 1.807) is 12.4 Å². The number of nitrogens with zero attached hydrogens (tertiary/aromatic N) is 3. The maximum absolute atomic E-state index is 12.4. The number of rotatable bonds is 3.